The summed E-state index contributed by atoms with van der Waals surface area (Å²) < 4.78 is 0. The first-order valence-electron chi connectivity index (χ1n) is 6.15. The van der Waals surface area contributed by atoms with E-state index in [0.29, 0.717) is 13.0 Å². The van der Waals surface area contributed by atoms with Gasteiger partial charge in [0.1, 0.15) is 6.10 Å². The highest BCUT2D eigenvalue weighted by Crippen LogP contribution is 2.32. The molecule has 0 aromatic heterocycles. The number of aliphatic hydroxyl groups excluding tert-OH is 1. The Kier molecular flexibility index (Phi) is 4.01. The van der Waals surface area contributed by atoms with Crippen molar-refractivity contribution in [2.24, 2.45) is 5.73 Å². The lowest BCUT2D eigenvalue weighted by Gasteiger charge is -2.12. The van der Waals surface area contributed by atoms with Crippen LogP contribution in [-0.2, 0) is 9.59 Å². The predicted molar refractivity (Wildman–Crippen MR) is 70.5 cm³/mol. The third-order valence-electron chi connectivity index (χ3n) is 3.19. The maximum atomic E-state index is 11.7. The highest BCUT2D eigenvalue weighted by Gasteiger charge is 2.24. The van der Waals surface area contributed by atoms with Crippen molar-refractivity contribution < 1.29 is 14.7 Å². The van der Waals surface area contributed by atoms with Gasteiger partial charge in [-0.3, -0.25) is 9.59 Å². The van der Waals surface area contributed by atoms with Crippen molar-refractivity contribution in [2.45, 2.75) is 18.4 Å². The van der Waals surface area contributed by atoms with E-state index in [0.717, 1.165) is 11.3 Å². The molecule has 1 aromatic rings. The van der Waals surface area contributed by atoms with Gasteiger partial charge in [0.05, 0.1) is 6.54 Å². The highest BCUT2D eigenvalue weighted by atomic mass is 16.3. The van der Waals surface area contributed by atoms with Crippen LogP contribution < -0.4 is 16.4 Å². The number of primary amides is 1. The van der Waals surface area contributed by atoms with Gasteiger partial charge in [0, 0.05) is 24.6 Å². The zero-order valence-electron chi connectivity index (χ0n) is 10.4. The fraction of sp³-hybridized carbons (Fsp3) is 0.385. The maximum Gasteiger partial charge on any atom is 0.248 e. The van der Waals surface area contributed by atoms with Crippen molar-refractivity contribution in [1.29, 1.82) is 0 Å². The highest BCUT2D eigenvalue weighted by molar-refractivity contribution is 5.81. The van der Waals surface area contributed by atoms with E-state index >= 15 is 0 Å². The minimum absolute atomic E-state index is 0.113. The predicted octanol–water partition coefficient (Wildman–Crippen LogP) is -0.452. The van der Waals surface area contributed by atoms with Crippen molar-refractivity contribution in [3.8, 4) is 0 Å². The first kappa shape index (κ1) is 13.4. The molecule has 6 nitrogen and oxygen atoms in total. The number of hydrogen-bond acceptors (Lipinski definition) is 4. The van der Waals surface area contributed by atoms with Crippen molar-refractivity contribution in [3.05, 3.63) is 29.8 Å². The van der Waals surface area contributed by atoms with Gasteiger partial charge < -0.3 is 21.5 Å². The molecular formula is C13H17N3O3. The Bertz CT molecular complexity index is 490. The SMILES string of the molecule is NC(=O)C(O)CNC(=O)CC1CNc2ccccc21. The molecule has 0 saturated carbocycles. The Morgan fingerprint density at radius 1 is 1.47 bits per heavy atom. The largest absolute Gasteiger partial charge is 0.384 e. The van der Waals surface area contributed by atoms with Crippen LogP contribution in [0.25, 0.3) is 0 Å². The zero-order chi connectivity index (χ0) is 13.8. The number of hydrogen-bond donors (Lipinski definition) is 4. The Morgan fingerprint density at radius 3 is 2.95 bits per heavy atom. The summed E-state index contributed by atoms with van der Waals surface area (Å²) >= 11 is 0. The third-order valence-corrected chi connectivity index (χ3v) is 3.19. The first-order valence-corrected chi connectivity index (χ1v) is 6.15. The number of carbonyl (C=O) groups excluding carboxylic acids is 2. The third kappa shape index (κ3) is 3.23. The molecule has 0 radical (unpaired) electrons. The molecule has 0 fully saturated rings. The molecular weight excluding hydrogens is 246 g/mol. The molecule has 0 aliphatic carbocycles. The van der Waals surface area contributed by atoms with E-state index in [4.69, 9.17) is 5.73 Å². The summed E-state index contributed by atoms with van der Waals surface area (Å²) in [5.41, 5.74) is 7.07. The summed E-state index contributed by atoms with van der Waals surface area (Å²) in [7, 11) is 0. The van der Waals surface area contributed by atoms with E-state index in [1.54, 1.807) is 0 Å². The monoisotopic (exact) mass is 263 g/mol. The van der Waals surface area contributed by atoms with Gasteiger partial charge in [-0.15, -0.1) is 0 Å². The summed E-state index contributed by atoms with van der Waals surface area (Å²) in [6.07, 6.45) is -1.02. The van der Waals surface area contributed by atoms with Gasteiger partial charge in [0.15, 0.2) is 0 Å². The molecule has 0 bridgehead atoms. The van der Waals surface area contributed by atoms with Gasteiger partial charge in [-0.25, -0.2) is 0 Å². The number of carbonyl (C=O) groups is 2. The number of amides is 2. The van der Waals surface area contributed by atoms with Crippen LogP contribution in [-0.4, -0.2) is 36.1 Å². The summed E-state index contributed by atoms with van der Waals surface area (Å²) in [5.74, 6) is -0.932. The molecule has 1 heterocycles. The standard InChI is InChI=1S/C13H17N3O3/c14-13(19)11(17)7-16-12(18)5-8-6-15-10-4-2-1-3-9(8)10/h1-4,8,11,15,17H,5-7H2,(H2,14,19)(H,16,18). The Morgan fingerprint density at radius 2 is 2.21 bits per heavy atom. The average molecular weight is 263 g/mol. The van der Waals surface area contributed by atoms with E-state index in [2.05, 4.69) is 10.6 Å². The van der Waals surface area contributed by atoms with Gasteiger partial charge >= 0.3 is 0 Å². The number of para-hydroxylation sites is 1. The van der Waals surface area contributed by atoms with E-state index < -0.39 is 12.0 Å². The van der Waals surface area contributed by atoms with Gasteiger partial charge in [-0.2, -0.15) is 0 Å². The molecule has 0 saturated heterocycles. The van der Waals surface area contributed by atoms with Crippen molar-refractivity contribution in [2.75, 3.05) is 18.4 Å². The molecule has 5 N–H and O–H groups in total. The van der Waals surface area contributed by atoms with Crippen LogP contribution in [0, 0.1) is 0 Å². The Balaban J connectivity index is 1.86. The molecule has 0 spiro atoms. The van der Waals surface area contributed by atoms with Crippen LogP contribution in [0.4, 0.5) is 5.69 Å². The molecule has 6 heteroatoms. The van der Waals surface area contributed by atoms with E-state index in [1.165, 1.54) is 0 Å². The van der Waals surface area contributed by atoms with E-state index in [1.807, 2.05) is 24.3 Å². The second-order valence-corrected chi connectivity index (χ2v) is 4.59. The molecule has 1 aromatic carbocycles. The number of nitrogens with one attached hydrogen (secondary N) is 2. The minimum Gasteiger partial charge on any atom is -0.384 e. The molecule has 102 valence electrons. The number of rotatable bonds is 5. The number of fused-ring (bicyclic) bond motifs is 1. The van der Waals surface area contributed by atoms with Crippen molar-refractivity contribution >= 4 is 17.5 Å². The van der Waals surface area contributed by atoms with Crippen LogP contribution >= 0.6 is 0 Å². The van der Waals surface area contributed by atoms with Crippen LogP contribution in [0.3, 0.4) is 0 Å². The summed E-state index contributed by atoms with van der Waals surface area (Å²) in [6.45, 7) is 0.571. The Labute approximate surface area is 111 Å². The van der Waals surface area contributed by atoms with Crippen LogP contribution in [0.15, 0.2) is 24.3 Å². The smallest absolute Gasteiger partial charge is 0.248 e. The van der Waals surface area contributed by atoms with Crippen molar-refractivity contribution in [1.82, 2.24) is 5.32 Å². The zero-order valence-corrected chi connectivity index (χ0v) is 10.4. The van der Waals surface area contributed by atoms with E-state index in [-0.39, 0.29) is 18.4 Å². The topological polar surface area (TPSA) is 104 Å². The molecule has 1 aliphatic heterocycles. The first-order chi connectivity index (χ1) is 9.08. The molecule has 2 unspecified atom stereocenters. The lowest BCUT2D eigenvalue weighted by Crippen LogP contribution is -2.40. The van der Waals surface area contributed by atoms with Gasteiger partial charge in [-0.05, 0) is 11.6 Å². The molecule has 2 amide bonds. The summed E-state index contributed by atoms with van der Waals surface area (Å²) in [6, 6.07) is 7.85. The van der Waals surface area contributed by atoms with Gasteiger partial charge in [-0.1, -0.05) is 18.2 Å². The summed E-state index contributed by atoms with van der Waals surface area (Å²) in [5, 5.41) is 14.9. The van der Waals surface area contributed by atoms with Crippen molar-refractivity contribution in [3.63, 3.8) is 0 Å². The lowest BCUT2D eigenvalue weighted by molar-refractivity contribution is -0.127. The number of aliphatic hydroxyl groups is 1. The fourth-order valence-electron chi connectivity index (χ4n) is 2.15. The second-order valence-electron chi connectivity index (χ2n) is 4.59. The minimum atomic E-state index is -1.34. The van der Waals surface area contributed by atoms with Crippen LogP contribution in [0.1, 0.15) is 17.9 Å². The number of anilines is 1. The van der Waals surface area contributed by atoms with Crippen LogP contribution in [0.5, 0.6) is 0 Å². The molecule has 1 aliphatic rings. The Hall–Kier alpha value is -2.08. The molecule has 2 atom stereocenters. The normalized spacial score (nSPS) is 18.3. The average Bonchev–Trinajstić information content (AvgIpc) is 2.79. The molecule has 19 heavy (non-hydrogen) atoms. The lowest BCUT2D eigenvalue weighted by atomic mass is 9.97. The fourth-order valence-corrected chi connectivity index (χ4v) is 2.15. The quantitative estimate of drug-likeness (QED) is 0.577. The number of nitrogens with two attached hydrogens (primary N) is 1. The van der Waals surface area contributed by atoms with E-state index in [9.17, 15) is 14.7 Å². The molecule has 2 rings (SSSR count). The number of benzene rings is 1. The van der Waals surface area contributed by atoms with Crippen LogP contribution in [0.2, 0.25) is 0 Å². The van der Waals surface area contributed by atoms with Gasteiger partial charge in [0.25, 0.3) is 0 Å². The second kappa shape index (κ2) is 5.71. The summed E-state index contributed by atoms with van der Waals surface area (Å²) in [4.78, 5) is 22.4. The van der Waals surface area contributed by atoms with Gasteiger partial charge in [0.2, 0.25) is 11.8 Å². The maximum absolute atomic E-state index is 11.7.